The molecule has 1 heterocycles. The van der Waals surface area contributed by atoms with E-state index in [-0.39, 0.29) is 5.84 Å². The van der Waals surface area contributed by atoms with E-state index in [1.54, 1.807) is 29.2 Å². The van der Waals surface area contributed by atoms with Crippen molar-refractivity contribution in [3.63, 3.8) is 0 Å². The van der Waals surface area contributed by atoms with Crippen LogP contribution in [0.1, 0.15) is 32.4 Å². The fourth-order valence-corrected chi connectivity index (χ4v) is 2.80. The van der Waals surface area contributed by atoms with E-state index in [4.69, 9.17) is 0 Å². The molecule has 1 fully saturated rings. The molecule has 1 saturated heterocycles. The number of hydrogen-bond donors (Lipinski definition) is 0. The second kappa shape index (κ2) is 5.44. The minimum atomic E-state index is -2.98. The summed E-state index contributed by atoms with van der Waals surface area (Å²) in [5.74, 6) is -3.14. The third-order valence-corrected chi connectivity index (χ3v) is 3.72. The predicted octanol–water partition coefficient (Wildman–Crippen LogP) is 5.08. The molecule has 120 valence electrons. The fourth-order valence-electron chi connectivity index (χ4n) is 2.80. The molecule has 0 aromatic heterocycles. The average molecular weight is 314 g/mol. The van der Waals surface area contributed by atoms with Crippen LogP contribution in [0.25, 0.3) is 0 Å². The van der Waals surface area contributed by atoms with E-state index in [1.807, 2.05) is 57.2 Å². The van der Waals surface area contributed by atoms with Crippen LogP contribution < -0.4 is 4.90 Å². The molecule has 4 heteroatoms. The molecule has 3 rings (SSSR count). The highest BCUT2D eigenvalue weighted by Gasteiger charge is 2.62. The zero-order valence-corrected chi connectivity index (χ0v) is 13.5. The lowest BCUT2D eigenvalue weighted by Gasteiger charge is -2.50. The summed E-state index contributed by atoms with van der Waals surface area (Å²) in [4.78, 5) is 5.93. The Labute approximate surface area is 135 Å². The summed E-state index contributed by atoms with van der Waals surface area (Å²) < 4.78 is 29.7. The number of rotatable bonds is 2. The molecule has 0 bridgehead atoms. The van der Waals surface area contributed by atoms with Gasteiger partial charge in [0.2, 0.25) is 0 Å². The van der Waals surface area contributed by atoms with Gasteiger partial charge in [0, 0.05) is 5.69 Å². The number of para-hydroxylation sites is 1. The summed E-state index contributed by atoms with van der Waals surface area (Å²) in [5.41, 5.74) is 0.762. The van der Waals surface area contributed by atoms with Crippen molar-refractivity contribution in [1.82, 2.24) is 0 Å². The topological polar surface area (TPSA) is 15.6 Å². The van der Waals surface area contributed by atoms with Gasteiger partial charge < -0.3 is 4.90 Å². The third-order valence-electron chi connectivity index (χ3n) is 3.72. The van der Waals surface area contributed by atoms with Crippen LogP contribution in [0.3, 0.4) is 0 Å². The van der Waals surface area contributed by atoms with Crippen molar-refractivity contribution in [1.29, 1.82) is 0 Å². The first-order chi connectivity index (χ1) is 10.8. The van der Waals surface area contributed by atoms with Gasteiger partial charge in [-0.15, -0.1) is 0 Å². The molecule has 1 aliphatic rings. The van der Waals surface area contributed by atoms with Gasteiger partial charge in [0.15, 0.2) is 5.84 Å². The standard InChI is InChI=1S/C19H20F2N2/c1-18(2,3)22-17-19(20,21)16(14-10-6-4-7-11-14)23(17)15-12-8-5-9-13-15/h4-13,16H,1-3H3. The predicted molar refractivity (Wildman–Crippen MR) is 90.2 cm³/mol. The molecule has 2 aromatic carbocycles. The van der Waals surface area contributed by atoms with E-state index < -0.39 is 17.5 Å². The van der Waals surface area contributed by atoms with E-state index in [0.29, 0.717) is 5.56 Å². The van der Waals surface area contributed by atoms with Gasteiger partial charge >= 0.3 is 5.92 Å². The lowest BCUT2D eigenvalue weighted by Crippen LogP contribution is -2.64. The molecule has 0 spiro atoms. The van der Waals surface area contributed by atoms with Gasteiger partial charge in [-0.05, 0) is 38.5 Å². The molecule has 1 atom stereocenters. The highest BCUT2D eigenvalue weighted by Crippen LogP contribution is 2.50. The smallest absolute Gasteiger partial charge is 0.311 e. The number of nitrogens with zero attached hydrogens (tertiary/aromatic N) is 2. The monoisotopic (exact) mass is 314 g/mol. The summed E-state index contributed by atoms with van der Waals surface area (Å²) in [6.45, 7) is 5.49. The molecule has 2 aromatic rings. The molecule has 0 amide bonds. The van der Waals surface area contributed by atoms with Crippen molar-refractivity contribution in [3.05, 3.63) is 66.2 Å². The van der Waals surface area contributed by atoms with Crippen LogP contribution in [0.5, 0.6) is 0 Å². The first-order valence-corrected chi connectivity index (χ1v) is 7.68. The lowest BCUT2D eigenvalue weighted by molar-refractivity contribution is 0.0150. The van der Waals surface area contributed by atoms with Crippen LogP contribution in [0, 0.1) is 0 Å². The van der Waals surface area contributed by atoms with Crippen molar-refractivity contribution in [2.75, 3.05) is 4.90 Å². The number of benzene rings is 2. The number of alkyl halides is 2. The van der Waals surface area contributed by atoms with Crippen molar-refractivity contribution in [2.45, 2.75) is 38.3 Å². The van der Waals surface area contributed by atoms with Gasteiger partial charge in [-0.25, -0.2) is 0 Å². The van der Waals surface area contributed by atoms with Crippen molar-refractivity contribution >= 4 is 11.5 Å². The maximum Gasteiger partial charge on any atom is 0.328 e. The lowest BCUT2D eigenvalue weighted by atomic mass is 9.87. The van der Waals surface area contributed by atoms with E-state index in [1.165, 1.54) is 0 Å². The maximum atomic E-state index is 14.8. The Hall–Kier alpha value is -2.23. The number of aliphatic imine (C=N–C) groups is 1. The Morgan fingerprint density at radius 2 is 1.43 bits per heavy atom. The van der Waals surface area contributed by atoms with E-state index in [9.17, 15) is 8.78 Å². The second-order valence-corrected chi connectivity index (χ2v) is 6.75. The number of anilines is 1. The van der Waals surface area contributed by atoms with E-state index in [0.717, 1.165) is 5.69 Å². The Morgan fingerprint density at radius 1 is 0.913 bits per heavy atom. The normalized spacial score (nSPS) is 22.0. The average Bonchev–Trinajstić information content (AvgIpc) is 2.51. The summed E-state index contributed by atoms with van der Waals surface area (Å²) in [5, 5.41) is 0. The first-order valence-electron chi connectivity index (χ1n) is 7.68. The van der Waals surface area contributed by atoms with Crippen LogP contribution >= 0.6 is 0 Å². The largest absolute Gasteiger partial charge is 0.328 e. The third kappa shape index (κ3) is 2.85. The van der Waals surface area contributed by atoms with Gasteiger partial charge in [0.05, 0.1) is 5.54 Å². The molecule has 0 N–H and O–H groups in total. The minimum Gasteiger partial charge on any atom is -0.311 e. The number of amidine groups is 1. The summed E-state index contributed by atoms with van der Waals surface area (Å²) in [6, 6.07) is 17.1. The van der Waals surface area contributed by atoms with Crippen LogP contribution in [0.15, 0.2) is 65.7 Å². The van der Waals surface area contributed by atoms with Crippen LogP contribution in [-0.4, -0.2) is 17.3 Å². The van der Waals surface area contributed by atoms with Gasteiger partial charge in [0.25, 0.3) is 0 Å². The van der Waals surface area contributed by atoms with Gasteiger partial charge in [-0.2, -0.15) is 8.78 Å². The quantitative estimate of drug-likeness (QED) is 0.754. The van der Waals surface area contributed by atoms with Gasteiger partial charge in [-0.1, -0.05) is 48.5 Å². The summed E-state index contributed by atoms with van der Waals surface area (Å²) >= 11 is 0. The Bertz CT molecular complexity index is 703. The maximum absolute atomic E-state index is 14.8. The Kier molecular flexibility index (Phi) is 3.71. The summed E-state index contributed by atoms with van der Waals surface area (Å²) in [6.07, 6.45) is 0. The molecular weight excluding hydrogens is 294 g/mol. The summed E-state index contributed by atoms with van der Waals surface area (Å²) in [7, 11) is 0. The van der Waals surface area contributed by atoms with Crippen molar-refractivity contribution < 1.29 is 8.78 Å². The van der Waals surface area contributed by atoms with E-state index >= 15 is 0 Å². The van der Waals surface area contributed by atoms with E-state index in [2.05, 4.69) is 4.99 Å². The van der Waals surface area contributed by atoms with Crippen molar-refractivity contribution in [3.8, 4) is 0 Å². The zero-order valence-electron chi connectivity index (χ0n) is 13.5. The van der Waals surface area contributed by atoms with Gasteiger partial charge in [0.1, 0.15) is 6.04 Å². The molecule has 23 heavy (non-hydrogen) atoms. The first kappa shape index (κ1) is 15.7. The highest BCUT2D eigenvalue weighted by molar-refractivity contribution is 6.11. The van der Waals surface area contributed by atoms with Crippen LogP contribution in [0.4, 0.5) is 14.5 Å². The Balaban J connectivity index is 2.10. The molecule has 0 aliphatic carbocycles. The van der Waals surface area contributed by atoms with Crippen molar-refractivity contribution in [2.24, 2.45) is 4.99 Å². The van der Waals surface area contributed by atoms with Crippen LogP contribution in [0.2, 0.25) is 0 Å². The molecule has 1 unspecified atom stereocenters. The molecule has 2 nitrogen and oxygen atoms in total. The minimum absolute atomic E-state index is 0.162. The second-order valence-electron chi connectivity index (χ2n) is 6.75. The molecular formula is C19H20F2N2. The number of halogens is 2. The highest BCUT2D eigenvalue weighted by atomic mass is 19.3. The fraction of sp³-hybridized carbons (Fsp3) is 0.316. The number of hydrogen-bond acceptors (Lipinski definition) is 1. The SMILES string of the molecule is CC(C)(C)N=C1N(c2ccccc2)C(c2ccccc2)C1(F)F. The van der Waals surface area contributed by atoms with Gasteiger partial charge in [-0.3, -0.25) is 4.99 Å². The Morgan fingerprint density at radius 3 is 1.96 bits per heavy atom. The zero-order chi connectivity index (χ0) is 16.7. The molecule has 1 aliphatic heterocycles. The molecule has 0 saturated carbocycles. The molecule has 0 radical (unpaired) electrons. The van der Waals surface area contributed by atoms with Crippen LogP contribution in [-0.2, 0) is 0 Å².